The maximum Gasteiger partial charge on any atom is 0.151 e. The van der Waals surface area contributed by atoms with E-state index in [-0.39, 0.29) is 0 Å². The molecule has 0 saturated carbocycles. The van der Waals surface area contributed by atoms with Crippen molar-refractivity contribution in [2.45, 2.75) is 33.4 Å². The van der Waals surface area contributed by atoms with Gasteiger partial charge in [0, 0.05) is 26.6 Å². The number of aryl methyl sites for hydroxylation is 1. The molecule has 19 heavy (non-hydrogen) atoms. The van der Waals surface area contributed by atoms with Gasteiger partial charge in [0.05, 0.1) is 6.54 Å². The van der Waals surface area contributed by atoms with Crippen molar-refractivity contribution in [2.24, 2.45) is 13.0 Å². The van der Waals surface area contributed by atoms with Gasteiger partial charge in [0.1, 0.15) is 18.5 Å². The highest BCUT2D eigenvalue weighted by atomic mass is 15.3. The molecule has 1 N–H and O–H groups in total. The molecule has 0 spiro atoms. The quantitative estimate of drug-likeness (QED) is 0.732. The van der Waals surface area contributed by atoms with Gasteiger partial charge in [0.15, 0.2) is 5.82 Å². The first-order valence-electron chi connectivity index (χ1n) is 6.57. The second-order valence-corrected chi connectivity index (χ2v) is 5.01. The first kappa shape index (κ1) is 13.7. The summed E-state index contributed by atoms with van der Waals surface area (Å²) in [4.78, 5) is 8.46. The average Bonchev–Trinajstić information content (AvgIpc) is 2.94. The molecule has 0 amide bonds. The molecule has 2 rings (SSSR count). The van der Waals surface area contributed by atoms with Gasteiger partial charge in [0.2, 0.25) is 0 Å². The second-order valence-electron chi connectivity index (χ2n) is 5.01. The second kappa shape index (κ2) is 6.42. The van der Waals surface area contributed by atoms with Gasteiger partial charge in [-0.2, -0.15) is 10.2 Å². The van der Waals surface area contributed by atoms with E-state index >= 15 is 0 Å². The van der Waals surface area contributed by atoms with Crippen molar-refractivity contribution in [3.8, 4) is 0 Å². The van der Waals surface area contributed by atoms with Crippen LogP contribution < -0.4 is 5.32 Å². The Morgan fingerprint density at radius 2 is 2.16 bits per heavy atom. The van der Waals surface area contributed by atoms with Gasteiger partial charge in [0.25, 0.3) is 0 Å². The van der Waals surface area contributed by atoms with E-state index < -0.39 is 0 Å². The van der Waals surface area contributed by atoms with Crippen LogP contribution >= 0.6 is 0 Å². The SMILES string of the molecule is CC(C)Cn1ncnc1CNCCc1ncn(C)n1. The molecule has 2 heterocycles. The fraction of sp³-hybridized carbons (Fsp3) is 0.667. The fourth-order valence-corrected chi connectivity index (χ4v) is 1.82. The summed E-state index contributed by atoms with van der Waals surface area (Å²) in [6.45, 7) is 6.80. The average molecular weight is 263 g/mol. The van der Waals surface area contributed by atoms with Crippen molar-refractivity contribution in [3.63, 3.8) is 0 Å². The van der Waals surface area contributed by atoms with Crippen LogP contribution in [-0.2, 0) is 26.6 Å². The topological polar surface area (TPSA) is 73.5 Å². The predicted octanol–water partition coefficient (Wildman–Crippen LogP) is 0.395. The zero-order valence-corrected chi connectivity index (χ0v) is 11.7. The van der Waals surface area contributed by atoms with Crippen LogP contribution in [0, 0.1) is 5.92 Å². The van der Waals surface area contributed by atoms with Gasteiger partial charge in [-0.3, -0.25) is 4.68 Å². The number of hydrogen-bond donors (Lipinski definition) is 1. The zero-order chi connectivity index (χ0) is 13.7. The molecule has 0 atom stereocenters. The van der Waals surface area contributed by atoms with E-state index in [1.54, 1.807) is 17.3 Å². The number of aromatic nitrogens is 6. The summed E-state index contributed by atoms with van der Waals surface area (Å²) in [7, 11) is 1.87. The van der Waals surface area contributed by atoms with Crippen molar-refractivity contribution in [3.05, 3.63) is 24.3 Å². The Labute approximate surface area is 113 Å². The molecular formula is C12H21N7. The molecule has 104 valence electrons. The van der Waals surface area contributed by atoms with E-state index in [2.05, 4.69) is 39.3 Å². The van der Waals surface area contributed by atoms with E-state index in [0.29, 0.717) is 5.92 Å². The molecule has 0 saturated heterocycles. The lowest BCUT2D eigenvalue weighted by Gasteiger charge is -2.08. The first-order chi connectivity index (χ1) is 9.15. The maximum absolute atomic E-state index is 4.27. The van der Waals surface area contributed by atoms with E-state index in [9.17, 15) is 0 Å². The molecular weight excluding hydrogens is 242 g/mol. The number of nitrogens with one attached hydrogen (secondary N) is 1. The van der Waals surface area contributed by atoms with E-state index in [1.165, 1.54) is 0 Å². The normalized spacial score (nSPS) is 11.4. The highest BCUT2D eigenvalue weighted by molar-refractivity contribution is 4.86. The minimum absolute atomic E-state index is 0.568. The van der Waals surface area contributed by atoms with E-state index in [4.69, 9.17) is 0 Å². The van der Waals surface area contributed by atoms with Crippen molar-refractivity contribution in [2.75, 3.05) is 6.54 Å². The van der Waals surface area contributed by atoms with Crippen LogP contribution in [0.2, 0.25) is 0 Å². The van der Waals surface area contributed by atoms with Gasteiger partial charge < -0.3 is 5.32 Å². The maximum atomic E-state index is 4.27. The molecule has 0 radical (unpaired) electrons. The van der Waals surface area contributed by atoms with Crippen LogP contribution in [0.25, 0.3) is 0 Å². The minimum atomic E-state index is 0.568. The summed E-state index contributed by atoms with van der Waals surface area (Å²) in [6, 6.07) is 0. The van der Waals surface area contributed by atoms with Crippen LogP contribution in [0.3, 0.4) is 0 Å². The van der Waals surface area contributed by atoms with Gasteiger partial charge in [-0.15, -0.1) is 0 Å². The van der Waals surface area contributed by atoms with Crippen molar-refractivity contribution in [1.29, 1.82) is 0 Å². The lowest BCUT2D eigenvalue weighted by Crippen LogP contribution is -2.21. The number of rotatable bonds is 7. The highest BCUT2D eigenvalue weighted by Crippen LogP contribution is 2.00. The molecule has 0 fully saturated rings. The zero-order valence-electron chi connectivity index (χ0n) is 11.7. The lowest BCUT2D eigenvalue weighted by molar-refractivity contribution is 0.457. The smallest absolute Gasteiger partial charge is 0.151 e. The molecule has 7 heteroatoms. The molecule has 7 nitrogen and oxygen atoms in total. The summed E-state index contributed by atoms with van der Waals surface area (Å²) in [5, 5.41) is 11.8. The molecule has 0 aromatic carbocycles. The Kier molecular flexibility index (Phi) is 4.62. The molecule has 2 aromatic rings. The Morgan fingerprint density at radius 1 is 1.32 bits per heavy atom. The minimum Gasteiger partial charge on any atom is -0.309 e. The van der Waals surface area contributed by atoms with Gasteiger partial charge >= 0.3 is 0 Å². The van der Waals surface area contributed by atoms with E-state index in [0.717, 1.165) is 37.7 Å². The Morgan fingerprint density at radius 3 is 2.84 bits per heavy atom. The van der Waals surface area contributed by atoms with Crippen molar-refractivity contribution in [1.82, 2.24) is 34.8 Å². The molecule has 0 bridgehead atoms. The lowest BCUT2D eigenvalue weighted by atomic mass is 10.2. The first-order valence-corrected chi connectivity index (χ1v) is 6.57. The molecule has 0 aliphatic heterocycles. The third-order valence-electron chi connectivity index (χ3n) is 2.69. The Bertz CT molecular complexity index is 500. The van der Waals surface area contributed by atoms with Crippen LogP contribution in [0.15, 0.2) is 12.7 Å². The molecule has 0 aliphatic carbocycles. The third-order valence-corrected chi connectivity index (χ3v) is 2.69. The molecule has 2 aromatic heterocycles. The van der Waals surface area contributed by atoms with Crippen LogP contribution in [-0.4, -0.2) is 36.1 Å². The summed E-state index contributed by atoms with van der Waals surface area (Å²) < 4.78 is 3.67. The number of hydrogen-bond acceptors (Lipinski definition) is 5. The number of nitrogens with zero attached hydrogens (tertiary/aromatic N) is 6. The van der Waals surface area contributed by atoms with Crippen LogP contribution in [0.1, 0.15) is 25.5 Å². The molecule has 0 unspecified atom stereocenters. The largest absolute Gasteiger partial charge is 0.309 e. The van der Waals surface area contributed by atoms with E-state index in [1.807, 2.05) is 11.7 Å². The summed E-state index contributed by atoms with van der Waals surface area (Å²) in [5.74, 6) is 2.40. The Balaban J connectivity index is 1.75. The molecule has 0 aliphatic rings. The summed E-state index contributed by atoms with van der Waals surface area (Å²) in [6.07, 6.45) is 4.15. The van der Waals surface area contributed by atoms with Crippen molar-refractivity contribution >= 4 is 0 Å². The predicted molar refractivity (Wildman–Crippen MR) is 71.3 cm³/mol. The van der Waals surface area contributed by atoms with Gasteiger partial charge in [-0.25, -0.2) is 14.6 Å². The summed E-state index contributed by atoms with van der Waals surface area (Å²) >= 11 is 0. The van der Waals surface area contributed by atoms with Gasteiger partial charge in [-0.1, -0.05) is 13.8 Å². The van der Waals surface area contributed by atoms with Gasteiger partial charge in [-0.05, 0) is 5.92 Å². The van der Waals surface area contributed by atoms with Crippen LogP contribution in [0.4, 0.5) is 0 Å². The monoisotopic (exact) mass is 263 g/mol. The summed E-state index contributed by atoms with van der Waals surface area (Å²) in [5.41, 5.74) is 0. The van der Waals surface area contributed by atoms with Crippen molar-refractivity contribution < 1.29 is 0 Å². The fourth-order valence-electron chi connectivity index (χ4n) is 1.82. The highest BCUT2D eigenvalue weighted by Gasteiger charge is 2.06. The standard InChI is InChI=1S/C12H21N7/c1-10(2)7-19-12(14-8-16-19)6-13-5-4-11-15-9-18(3)17-11/h8-10,13H,4-7H2,1-3H3. The Hall–Kier alpha value is -1.76. The third kappa shape index (κ3) is 4.13. The van der Waals surface area contributed by atoms with Crippen LogP contribution in [0.5, 0.6) is 0 Å².